The lowest BCUT2D eigenvalue weighted by Crippen LogP contribution is -2.51. The number of benzene rings is 1. The Morgan fingerprint density at radius 3 is 2.50 bits per heavy atom. The largest absolute Gasteiger partial charge is 0.459 e. The van der Waals surface area contributed by atoms with Gasteiger partial charge >= 0.3 is 17.9 Å². The molecule has 5 atom stereocenters. The summed E-state index contributed by atoms with van der Waals surface area (Å²) < 4.78 is 22.5. The number of rotatable bonds is 6. The van der Waals surface area contributed by atoms with E-state index in [0.29, 0.717) is 19.3 Å². The van der Waals surface area contributed by atoms with E-state index in [1.54, 1.807) is 12.2 Å². The van der Waals surface area contributed by atoms with Crippen molar-refractivity contribution in [2.24, 2.45) is 0 Å². The maximum atomic E-state index is 11.7. The smallest absolute Gasteiger partial charge is 0.330 e. The molecule has 1 saturated heterocycles. The predicted octanol–water partition coefficient (Wildman–Crippen LogP) is 2.98. The van der Waals surface area contributed by atoms with Crippen LogP contribution in [0.1, 0.15) is 38.7 Å². The molecule has 0 radical (unpaired) electrons. The van der Waals surface area contributed by atoms with Gasteiger partial charge in [0.2, 0.25) is 0 Å². The van der Waals surface area contributed by atoms with Gasteiger partial charge in [-0.1, -0.05) is 48.6 Å². The molecule has 2 aliphatic heterocycles. The molecule has 30 heavy (non-hydrogen) atoms. The van der Waals surface area contributed by atoms with Gasteiger partial charge in [0, 0.05) is 39.2 Å². The van der Waals surface area contributed by atoms with Gasteiger partial charge in [0.25, 0.3) is 0 Å². The van der Waals surface area contributed by atoms with E-state index in [2.05, 4.69) is 0 Å². The quantitative estimate of drug-likeness (QED) is 0.522. The molecule has 2 aliphatic rings. The molecule has 2 heterocycles. The molecule has 3 rings (SSSR count). The van der Waals surface area contributed by atoms with Crippen molar-refractivity contribution in [3.63, 3.8) is 0 Å². The van der Waals surface area contributed by atoms with Crippen molar-refractivity contribution in [2.75, 3.05) is 0 Å². The highest BCUT2D eigenvalue weighted by Crippen LogP contribution is 2.30. The van der Waals surface area contributed by atoms with Gasteiger partial charge in [-0.25, -0.2) is 4.79 Å². The zero-order valence-electron chi connectivity index (χ0n) is 17.1. The van der Waals surface area contributed by atoms with Crippen LogP contribution in [0.2, 0.25) is 0 Å². The fourth-order valence-corrected chi connectivity index (χ4v) is 3.70. The molecule has 0 spiro atoms. The Labute approximate surface area is 175 Å². The fraction of sp³-hybridized carbons (Fsp3) is 0.435. The Balaban J connectivity index is 1.80. The summed E-state index contributed by atoms with van der Waals surface area (Å²) >= 11 is 0. The Bertz CT molecular complexity index is 814. The Hall–Kier alpha value is -2.93. The number of esters is 3. The molecule has 1 fully saturated rings. The SMILES string of the molecule is CC(=O)OC1CC(CC2CC=CC(=O)O2)OC(C=Cc2ccccc2)C1OC(C)=O. The average Bonchev–Trinajstić information content (AvgIpc) is 2.68. The van der Waals surface area contributed by atoms with Gasteiger partial charge in [-0.05, 0) is 5.56 Å². The standard InChI is InChI=1S/C23H26O7/c1-15(24)27-21-14-19(13-18-9-6-10-22(26)30-18)29-20(23(21)28-16(2)25)12-11-17-7-4-3-5-8-17/h3-8,10-12,18-21,23H,9,13-14H2,1-2H3. The summed E-state index contributed by atoms with van der Waals surface area (Å²) in [6.07, 6.45) is 5.55. The molecule has 7 nitrogen and oxygen atoms in total. The predicted molar refractivity (Wildman–Crippen MR) is 108 cm³/mol. The van der Waals surface area contributed by atoms with Crippen LogP contribution in [0.5, 0.6) is 0 Å². The zero-order valence-corrected chi connectivity index (χ0v) is 17.1. The lowest BCUT2D eigenvalue weighted by atomic mass is 9.93. The molecule has 0 saturated carbocycles. The molecule has 1 aromatic carbocycles. The Morgan fingerprint density at radius 1 is 1.10 bits per heavy atom. The Kier molecular flexibility index (Phi) is 7.41. The van der Waals surface area contributed by atoms with Crippen molar-refractivity contribution in [2.45, 2.75) is 63.6 Å². The minimum atomic E-state index is -0.767. The number of hydrogen-bond acceptors (Lipinski definition) is 7. The van der Waals surface area contributed by atoms with Crippen LogP contribution in [-0.2, 0) is 33.3 Å². The van der Waals surface area contributed by atoms with Crippen molar-refractivity contribution in [1.29, 1.82) is 0 Å². The average molecular weight is 414 g/mol. The van der Waals surface area contributed by atoms with E-state index in [9.17, 15) is 14.4 Å². The van der Waals surface area contributed by atoms with Gasteiger partial charge in [0.1, 0.15) is 18.3 Å². The first kappa shape index (κ1) is 21.8. The summed E-state index contributed by atoms with van der Waals surface area (Å²) in [6.45, 7) is 2.63. The summed E-state index contributed by atoms with van der Waals surface area (Å²) in [5.41, 5.74) is 0.959. The number of hydrogen-bond donors (Lipinski definition) is 0. The molecule has 0 N–H and O–H groups in total. The third kappa shape index (κ3) is 6.29. The molecular formula is C23H26O7. The minimum absolute atomic E-state index is 0.311. The summed E-state index contributed by atoms with van der Waals surface area (Å²) in [5.74, 6) is -1.32. The van der Waals surface area contributed by atoms with Gasteiger partial charge in [-0.3, -0.25) is 9.59 Å². The summed E-state index contributed by atoms with van der Waals surface area (Å²) in [6, 6.07) is 9.63. The summed E-state index contributed by atoms with van der Waals surface area (Å²) in [7, 11) is 0. The van der Waals surface area contributed by atoms with E-state index < -0.39 is 30.3 Å². The minimum Gasteiger partial charge on any atom is -0.459 e. The van der Waals surface area contributed by atoms with Crippen molar-refractivity contribution >= 4 is 24.0 Å². The van der Waals surface area contributed by atoms with Gasteiger partial charge in [0.15, 0.2) is 6.10 Å². The third-order valence-electron chi connectivity index (χ3n) is 4.89. The van der Waals surface area contributed by atoms with Crippen LogP contribution in [-0.4, -0.2) is 48.4 Å². The first-order valence-corrected chi connectivity index (χ1v) is 10.0. The molecular weight excluding hydrogens is 388 g/mol. The first-order chi connectivity index (χ1) is 14.4. The Morgan fingerprint density at radius 2 is 1.83 bits per heavy atom. The highest BCUT2D eigenvalue weighted by Gasteiger charge is 2.42. The molecule has 0 aliphatic carbocycles. The van der Waals surface area contributed by atoms with Gasteiger partial charge in [-0.15, -0.1) is 0 Å². The van der Waals surface area contributed by atoms with Crippen molar-refractivity contribution < 1.29 is 33.3 Å². The van der Waals surface area contributed by atoms with Crippen molar-refractivity contribution in [3.05, 3.63) is 54.1 Å². The van der Waals surface area contributed by atoms with Gasteiger partial charge in [-0.2, -0.15) is 0 Å². The van der Waals surface area contributed by atoms with Crippen molar-refractivity contribution in [3.8, 4) is 0 Å². The highest BCUT2D eigenvalue weighted by molar-refractivity contribution is 5.82. The molecule has 1 aromatic rings. The van der Waals surface area contributed by atoms with Crippen LogP contribution in [0.25, 0.3) is 6.08 Å². The summed E-state index contributed by atoms with van der Waals surface area (Å²) in [5, 5.41) is 0. The molecule has 7 heteroatoms. The van der Waals surface area contributed by atoms with Crippen LogP contribution in [0, 0.1) is 0 Å². The van der Waals surface area contributed by atoms with E-state index in [4.69, 9.17) is 18.9 Å². The lowest BCUT2D eigenvalue weighted by Gasteiger charge is -2.40. The number of cyclic esters (lactones) is 1. The van der Waals surface area contributed by atoms with Crippen molar-refractivity contribution in [1.82, 2.24) is 0 Å². The van der Waals surface area contributed by atoms with Crippen LogP contribution >= 0.6 is 0 Å². The normalized spacial score (nSPS) is 28.7. The number of carbonyl (C=O) groups excluding carboxylic acids is 3. The molecule has 0 bridgehead atoms. The summed E-state index contributed by atoms with van der Waals surface area (Å²) in [4.78, 5) is 34.9. The second kappa shape index (κ2) is 10.2. The van der Waals surface area contributed by atoms with Crippen LogP contribution in [0.4, 0.5) is 0 Å². The number of carbonyl (C=O) groups is 3. The van der Waals surface area contributed by atoms with Crippen LogP contribution < -0.4 is 0 Å². The second-order valence-corrected chi connectivity index (χ2v) is 7.38. The van der Waals surface area contributed by atoms with E-state index in [0.717, 1.165) is 5.56 Å². The molecule has 160 valence electrons. The van der Waals surface area contributed by atoms with Gasteiger partial charge in [0.05, 0.1) is 6.10 Å². The molecule has 5 unspecified atom stereocenters. The maximum absolute atomic E-state index is 11.7. The molecule has 0 aromatic heterocycles. The van der Waals surface area contributed by atoms with Gasteiger partial charge < -0.3 is 18.9 Å². The highest BCUT2D eigenvalue weighted by atomic mass is 16.6. The van der Waals surface area contributed by atoms with Crippen LogP contribution in [0.3, 0.4) is 0 Å². The topological polar surface area (TPSA) is 88.1 Å². The monoisotopic (exact) mass is 414 g/mol. The van der Waals surface area contributed by atoms with E-state index >= 15 is 0 Å². The zero-order chi connectivity index (χ0) is 21.5. The first-order valence-electron chi connectivity index (χ1n) is 10.0. The fourth-order valence-electron chi connectivity index (χ4n) is 3.70. The van der Waals surface area contributed by atoms with Crippen LogP contribution in [0.15, 0.2) is 48.6 Å². The van der Waals surface area contributed by atoms with E-state index in [-0.39, 0.29) is 18.2 Å². The lowest BCUT2D eigenvalue weighted by molar-refractivity contribution is -0.201. The van der Waals surface area contributed by atoms with E-state index in [1.165, 1.54) is 19.9 Å². The maximum Gasteiger partial charge on any atom is 0.330 e. The second-order valence-electron chi connectivity index (χ2n) is 7.38. The van der Waals surface area contributed by atoms with E-state index in [1.807, 2.05) is 36.4 Å². The third-order valence-corrected chi connectivity index (χ3v) is 4.89. The molecule has 0 amide bonds. The number of ether oxygens (including phenoxy) is 4.